The monoisotopic (exact) mass is 446 g/mol. The fourth-order valence-corrected chi connectivity index (χ4v) is 9.60. The van der Waals surface area contributed by atoms with Gasteiger partial charge in [0, 0.05) is 18.3 Å². The first-order chi connectivity index (χ1) is 15.3. The quantitative estimate of drug-likeness (QED) is 0.442. The van der Waals surface area contributed by atoms with Crippen LogP contribution >= 0.6 is 0 Å². The third-order valence-electron chi connectivity index (χ3n) is 10.8. The summed E-state index contributed by atoms with van der Waals surface area (Å²) >= 11 is 0. The highest BCUT2D eigenvalue weighted by atomic mass is 17.3. The second kappa shape index (κ2) is 6.71. The normalized spacial score (nSPS) is 60.0. The number of ether oxygens (including phenoxy) is 3. The molecule has 1 spiro atoms. The van der Waals surface area contributed by atoms with E-state index in [-0.39, 0.29) is 23.2 Å². The third-order valence-corrected chi connectivity index (χ3v) is 10.8. The van der Waals surface area contributed by atoms with Gasteiger partial charge in [-0.2, -0.15) is 0 Å². The van der Waals surface area contributed by atoms with Crippen LogP contribution in [-0.2, 0) is 28.8 Å². The maximum absolute atomic E-state index is 13.7. The Morgan fingerprint density at radius 3 is 2.28 bits per heavy atom. The first-order valence-electron chi connectivity index (χ1n) is 13.2. The van der Waals surface area contributed by atoms with Gasteiger partial charge in [0.05, 0.1) is 5.41 Å². The summed E-state index contributed by atoms with van der Waals surface area (Å²) in [5.74, 6) is 2.45. The Balaban J connectivity index is 1.17. The van der Waals surface area contributed by atoms with Gasteiger partial charge in [-0.25, -0.2) is 9.78 Å². The van der Waals surface area contributed by atoms with Gasteiger partial charge in [0.2, 0.25) is 12.1 Å². The molecule has 9 fully saturated rings. The van der Waals surface area contributed by atoms with Gasteiger partial charge >= 0.3 is 5.97 Å². The molecule has 4 heterocycles. The van der Waals surface area contributed by atoms with Gasteiger partial charge in [0.25, 0.3) is 0 Å². The van der Waals surface area contributed by atoms with Gasteiger partial charge in [0.15, 0.2) is 11.9 Å². The van der Waals surface area contributed by atoms with Gasteiger partial charge in [0.1, 0.15) is 0 Å². The highest BCUT2D eigenvalue weighted by Gasteiger charge is 2.70. The Kier molecular flexibility index (Phi) is 4.33. The number of rotatable bonds is 2. The number of hydrogen-bond acceptors (Lipinski definition) is 6. The van der Waals surface area contributed by atoms with E-state index in [9.17, 15) is 4.79 Å². The SMILES string of the molecule is C[C@H]1[C@H](OC(=O)C23CC4CC(CC(C4)C2)C3)O[C@@H]2O[C@]3(C)CC[C@H]4[C@H](C)CC[C@@H]1[C@@]24OO3. The minimum Gasteiger partial charge on any atom is -0.435 e. The largest absolute Gasteiger partial charge is 0.435 e. The zero-order valence-electron chi connectivity index (χ0n) is 19.7. The van der Waals surface area contributed by atoms with Crippen LogP contribution in [0.4, 0.5) is 0 Å². The molecule has 0 radical (unpaired) electrons. The van der Waals surface area contributed by atoms with Crippen LogP contribution in [0, 0.1) is 46.8 Å². The lowest BCUT2D eigenvalue weighted by Crippen LogP contribution is -2.70. The van der Waals surface area contributed by atoms with Crippen LogP contribution in [0.2, 0.25) is 0 Å². The molecule has 6 bridgehead atoms. The van der Waals surface area contributed by atoms with Crippen molar-refractivity contribution in [2.75, 3.05) is 0 Å². The first kappa shape index (κ1) is 20.7. The molecule has 32 heavy (non-hydrogen) atoms. The summed E-state index contributed by atoms with van der Waals surface area (Å²) in [4.78, 5) is 25.8. The topological polar surface area (TPSA) is 63.2 Å². The summed E-state index contributed by atoms with van der Waals surface area (Å²) in [7, 11) is 0. The van der Waals surface area contributed by atoms with Crippen LogP contribution in [0.5, 0.6) is 0 Å². The number of carbonyl (C=O) groups is 1. The van der Waals surface area contributed by atoms with E-state index in [4.69, 9.17) is 24.0 Å². The summed E-state index contributed by atoms with van der Waals surface area (Å²) in [6.45, 7) is 6.43. The Morgan fingerprint density at radius 2 is 1.59 bits per heavy atom. The van der Waals surface area contributed by atoms with Crippen LogP contribution in [-0.4, -0.2) is 29.9 Å². The smallest absolute Gasteiger partial charge is 0.314 e. The first-order valence-corrected chi connectivity index (χ1v) is 13.2. The number of fused-ring (bicyclic) bond motifs is 2. The van der Waals surface area contributed by atoms with E-state index in [2.05, 4.69) is 13.8 Å². The van der Waals surface area contributed by atoms with Crippen molar-refractivity contribution in [1.82, 2.24) is 0 Å². The predicted molar refractivity (Wildman–Crippen MR) is 114 cm³/mol. The van der Waals surface area contributed by atoms with E-state index < -0.39 is 24.0 Å². The van der Waals surface area contributed by atoms with Crippen molar-refractivity contribution in [3.05, 3.63) is 0 Å². The van der Waals surface area contributed by atoms with Gasteiger partial charge in [-0.15, -0.1) is 0 Å². The van der Waals surface area contributed by atoms with E-state index in [1.807, 2.05) is 6.92 Å². The van der Waals surface area contributed by atoms with Crippen molar-refractivity contribution in [3.63, 3.8) is 0 Å². The Labute approximate surface area is 190 Å². The molecule has 0 N–H and O–H groups in total. The summed E-state index contributed by atoms with van der Waals surface area (Å²) in [5.41, 5.74) is -0.873. The lowest BCUT2D eigenvalue weighted by molar-refractivity contribution is -0.576. The van der Waals surface area contributed by atoms with Crippen molar-refractivity contribution in [2.45, 2.75) is 109 Å². The van der Waals surface area contributed by atoms with Gasteiger partial charge < -0.3 is 14.2 Å². The zero-order valence-corrected chi connectivity index (χ0v) is 19.7. The van der Waals surface area contributed by atoms with Crippen LogP contribution < -0.4 is 0 Å². The molecule has 4 aliphatic heterocycles. The summed E-state index contributed by atoms with van der Waals surface area (Å²) in [6.07, 6.45) is 9.86. The van der Waals surface area contributed by atoms with Crippen LogP contribution in [0.1, 0.15) is 85.0 Å². The minimum absolute atomic E-state index is 0.00714. The average Bonchev–Trinajstić information content (AvgIpc) is 2.97. The molecular formula is C26H38O6. The molecule has 0 aromatic heterocycles. The van der Waals surface area contributed by atoms with E-state index in [1.165, 1.54) is 19.3 Å². The van der Waals surface area contributed by atoms with Crippen molar-refractivity contribution in [3.8, 4) is 0 Å². The van der Waals surface area contributed by atoms with E-state index in [0.29, 0.717) is 29.6 Å². The molecule has 0 unspecified atom stereocenters. The van der Waals surface area contributed by atoms with E-state index in [1.54, 1.807) is 0 Å². The number of hydrogen-bond donors (Lipinski definition) is 0. The van der Waals surface area contributed by atoms with E-state index in [0.717, 1.165) is 44.9 Å². The molecule has 9 rings (SSSR count). The molecular weight excluding hydrogens is 408 g/mol. The number of carbonyl (C=O) groups excluding carboxylic acids is 1. The Morgan fingerprint density at radius 1 is 0.906 bits per heavy atom. The molecule has 4 saturated heterocycles. The highest BCUT2D eigenvalue weighted by molar-refractivity contribution is 5.77. The van der Waals surface area contributed by atoms with Crippen LogP contribution in [0.3, 0.4) is 0 Å². The maximum Gasteiger partial charge on any atom is 0.314 e. The van der Waals surface area contributed by atoms with Crippen LogP contribution in [0.25, 0.3) is 0 Å². The molecule has 5 aliphatic carbocycles. The van der Waals surface area contributed by atoms with Crippen molar-refractivity contribution in [1.29, 1.82) is 0 Å². The molecule has 178 valence electrons. The number of esters is 1. The summed E-state index contributed by atoms with van der Waals surface area (Å²) < 4.78 is 19.2. The maximum atomic E-state index is 13.7. The van der Waals surface area contributed by atoms with Crippen molar-refractivity contribution < 1.29 is 28.8 Å². The summed E-state index contributed by atoms with van der Waals surface area (Å²) in [5, 5.41) is 0. The molecule has 5 saturated carbocycles. The van der Waals surface area contributed by atoms with Crippen molar-refractivity contribution in [2.24, 2.45) is 46.8 Å². The second-order valence-corrected chi connectivity index (χ2v) is 12.9. The van der Waals surface area contributed by atoms with Gasteiger partial charge in [-0.3, -0.25) is 4.79 Å². The molecule has 0 aromatic carbocycles. The van der Waals surface area contributed by atoms with Gasteiger partial charge in [-0.05, 0) is 94.3 Å². The van der Waals surface area contributed by atoms with E-state index >= 15 is 0 Å². The molecule has 0 amide bonds. The molecule has 6 heteroatoms. The van der Waals surface area contributed by atoms with Gasteiger partial charge in [-0.1, -0.05) is 13.8 Å². The average molecular weight is 447 g/mol. The summed E-state index contributed by atoms with van der Waals surface area (Å²) in [6, 6.07) is 0. The lowest BCUT2D eigenvalue weighted by Gasteiger charge is -2.60. The fraction of sp³-hybridized carbons (Fsp3) is 0.962. The molecule has 9 aliphatic rings. The predicted octanol–water partition coefficient (Wildman–Crippen LogP) is 4.95. The Hall–Kier alpha value is -0.690. The molecule has 6 nitrogen and oxygen atoms in total. The van der Waals surface area contributed by atoms with Crippen molar-refractivity contribution >= 4 is 5.97 Å². The standard InChI is InChI=1S/C26H38O6/c1-14-4-5-20-15(2)21(29-23-26(20)19(14)6-7-24(3,30-23)31-32-26)28-22(27)25-11-16-8-17(12-25)10-18(9-16)13-25/h14-21,23H,4-13H2,1-3H3/t14-,15-,16?,17?,18?,19+,20+,21-,23-,24+,25?,26-/m1/s1. The van der Waals surface area contributed by atoms with Crippen LogP contribution in [0.15, 0.2) is 0 Å². The molecule has 0 aromatic rings. The Bertz CT molecular complexity index is 777. The molecule has 8 atom stereocenters. The lowest BCUT2D eigenvalue weighted by atomic mass is 9.49. The fourth-order valence-electron chi connectivity index (χ4n) is 9.60. The zero-order chi connectivity index (χ0) is 21.9. The second-order valence-electron chi connectivity index (χ2n) is 12.9. The highest BCUT2D eigenvalue weighted by Crippen LogP contribution is 2.62. The third kappa shape index (κ3) is 2.70. The minimum atomic E-state index is -0.799.